The first-order valence-corrected chi connectivity index (χ1v) is 9.76. The highest BCUT2D eigenvalue weighted by Gasteiger charge is 2.37. The van der Waals surface area contributed by atoms with Gasteiger partial charge in [0, 0.05) is 6.54 Å². The van der Waals surface area contributed by atoms with Crippen LogP contribution >= 0.6 is 11.6 Å². The van der Waals surface area contributed by atoms with Crippen molar-refractivity contribution in [3.63, 3.8) is 0 Å². The van der Waals surface area contributed by atoms with E-state index in [4.69, 9.17) is 11.6 Å². The fraction of sp³-hybridized carbons (Fsp3) is 0.381. The van der Waals surface area contributed by atoms with Crippen molar-refractivity contribution >= 4 is 17.6 Å². The number of aliphatic carboxylic acids is 1. The van der Waals surface area contributed by atoms with E-state index in [2.05, 4.69) is 0 Å². The number of carbonyl (C=O) groups is 1. The lowest BCUT2D eigenvalue weighted by atomic mass is 9.90. The Kier molecular flexibility index (Phi) is 6.57. The van der Waals surface area contributed by atoms with Crippen LogP contribution in [0.3, 0.4) is 0 Å². The molecule has 0 radical (unpaired) electrons. The lowest BCUT2D eigenvalue weighted by Crippen LogP contribution is -2.41. The van der Waals surface area contributed by atoms with E-state index < -0.39 is 46.4 Å². The van der Waals surface area contributed by atoms with Crippen LogP contribution in [0.25, 0.3) is 0 Å². The van der Waals surface area contributed by atoms with Gasteiger partial charge in [0.2, 0.25) is 0 Å². The SMILES string of the molecule is O=C(O)C1CCCN(C(c2ccc(C(F)(F)F)cc2)c2ccc(Cl)c(C(F)(F)F)c2)C1. The molecule has 1 saturated heterocycles. The zero-order valence-electron chi connectivity index (χ0n) is 16.0. The maximum atomic E-state index is 13.4. The second-order valence-corrected chi connectivity index (χ2v) is 7.84. The summed E-state index contributed by atoms with van der Waals surface area (Å²) in [4.78, 5) is 13.2. The molecule has 31 heavy (non-hydrogen) atoms. The van der Waals surface area contributed by atoms with Crippen LogP contribution in [0.2, 0.25) is 5.02 Å². The fourth-order valence-electron chi connectivity index (χ4n) is 3.84. The number of hydrogen-bond donors (Lipinski definition) is 1. The van der Waals surface area contributed by atoms with Gasteiger partial charge in [-0.15, -0.1) is 0 Å². The number of carboxylic acid groups (broad SMARTS) is 1. The van der Waals surface area contributed by atoms with Crippen molar-refractivity contribution in [1.82, 2.24) is 4.90 Å². The van der Waals surface area contributed by atoms with Crippen molar-refractivity contribution in [3.8, 4) is 0 Å². The molecule has 0 aliphatic carbocycles. The molecule has 10 heteroatoms. The zero-order chi connectivity index (χ0) is 23.0. The summed E-state index contributed by atoms with van der Waals surface area (Å²) in [5, 5.41) is 8.88. The zero-order valence-corrected chi connectivity index (χ0v) is 16.7. The summed E-state index contributed by atoms with van der Waals surface area (Å²) < 4.78 is 79.0. The number of carboxylic acids is 1. The first kappa shape index (κ1) is 23.4. The molecule has 3 rings (SSSR count). The lowest BCUT2D eigenvalue weighted by molar-refractivity contribution is -0.144. The van der Waals surface area contributed by atoms with Gasteiger partial charge in [0.25, 0.3) is 0 Å². The van der Waals surface area contributed by atoms with Gasteiger partial charge in [-0.05, 0) is 54.8 Å². The van der Waals surface area contributed by atoms with Crippen LogP contribution in [0.15, 0.2) is 42.5 Å². The summed E-state index contributed by atoms with van der Waals surface area (Å²) in [6.07, 6.45) is -8.37. The van der Waals surface area contributed by atoms with E-state index in [0.29, 0.717) is 24.9 Å². The number of hydrogen-bond acceptors (Lipinski definition) is 2. The topological polar surface area (TPSA) is 40.5 Å². The van der Waals surface area contributed by atoms with Crippen molar-refractivity contribution in [1.29, 1.82) is 0 Å². The predicted octanol–water partition coefficient (Wildman–Crippen LogP) is 6.26. The first-order chi connectivity index (χ1) is 14.4. The van der Waals surface area contributed by atoms with Crippen LogP contribution in [0.5, 0.6) is 0 Å². The lowest BCUT2D eigenvalue weighted by Gasteiger charge is -2.38. The monoisotopic (exact) mass is 465 g/mol. The number of benzene rings is 2. The van der Waals surface area contributed by atoms with Crippen LogP contribution in [0, 0.1) is 5.92 Å². The number of halogens is 7. The number of nitrogens with zero attached hydrogens (tertiary/aromatic N) is 1. The van der Waals surface area contributed by atoms with Gasteiger partial charge in [0.15, 0.2) is 0 Å². The largest absolute Gasteiger partial charge is 0.481 e. The first-order valence-electron chi connectivity index (χ1n) is 9.38. The van der Waals surface area contributed by atoms with Crippen LogP contribution in [-0.2, 0) is 17.1 Å². The van der Waals surface area contributed by atoms with E-state index in [9.17, 15) is 36.2 Å². The molecule has 3 nitrogen and oxygen atoms in total. The molecule has 1 fully saturated rings. The summed E-state index contributed by atoms with van der Waals surface area (Å²) >= 11 is 5.72. The fourth-order valence-corrected chi connectivity index (χ4v) is 4.07. The van der Waals surface area contributed by atoms with Crippen LogP contribution in [-0.4, -0.2) is 29.1 Å². The Hall–Kier alpha value is -2.26. The van der Waals surface area contributed by atoms with E-state index in [1.807, 2.05) is 0 Å². The summed E-state index contributed by atoms with van der Waals surface area (Å²) in [6.45, 7) is 0.449. The van der Waals surface area contributed by atoms with Crippen LogP contribution in [0.1, 0.15) is 41.1 Å². The van der Waals surface area contributed by atoms with Crippen molar-refractivity contribution < 1.29 is 36.2 Å². The van der Waals surface area contributed by atoms with Crippen molar-refractivity contribution in [2.75, 3.05) is 13.1 Å². The molecule has 0 bridgehead atoms. The summed E-state index contributed by atoms with van der Waals surface area (Å²) in [5.74, 6) is -1.75. The molecule has 2 atom stereocenters. The Morgan fingerprint density at radius 2 is 1.61 bits per heavy atom. The van der Waals surface area contributed by atoms with Crippen LogP contribution < -0.4 is 0 Å². The third-order valence-electron chi connectivity index (χ3n) is 5.33. The average molecular weight is 466 g/mol. The minimum atomic E-state index is -4.72. The van der Waals surface area contributed by atoms with E-state index in [-0.39, 0.29) is 12.1 Å². The molecular weight excluding hydrogens is 448 g/mol. The maximum Gasteiger partial charge on any atom is 0.417 e. The second kappa shape index (κ2) is 8.70. The van der Waals surface area contributed by atoms with Gasteiger partial charge in [0.1, 0.15) is 0 Å². The summed E-state index contributed by atoms with van der Waals surface area (Å²) in [7, 11) is 0. The van der Waals surface area contributed by atoms with E-state index >= 15 is 0 Å². The quantitative estimate of drug-likeness (QED) is 0.541. The number of piperidine rings is 1. The minimum absolute atomic E-state index is 0.0605. The van der Waals surface area contributed by atoms with Gasteiger partial charge in [-0.3, -0.25) is 9.69 Å². The van der Waals surface area contributed by atoms with Crippen LogP contribution in [0.4, 0.5) is 26.3 Å². The molecule has 0 spiro atoms. The molecular formula is C21H18ClF6NO2. The van der Waals surface area contributed by atoms with Gasteiger partial charge in [-0.1, -0.05) is 29.8 Å². The van der Waals surface area contributed by atoms with Gasteiger partial charge < -0.3 is 5.11 Å². The number of rotatable bonds is 4. The van der Waals surface area contributed by atoms with Crippen molar-refractivity contribution in [2.45, 2.75) is 31.2 Å². The van der Waals surface area contributed by atoms with E-state index in [1.54, 1.807) is 4.90 Å². The predicted molar refractivity (Wildman–Crippen MR) is 102 cm³/mol. The standard InChI is InChI=1S/C21H18ClF6NO2/c22-17-8-5-13(10-16(17)21(26,27)28)18(29-9-1-2-14(11-29)19(30)31)12-3-6-15(7-4-12)20(23,24)25/h3-8,10,14,18H,1-2,9,11H2,(H,30,31). The van der Waals surface area contributed by atoms with Gasteiger partial charge in [-0.25, -0.2) is 0 Å². The maximum absolute atomic E-state index is 13.4. The highest BCUT2D eigenvalue weighted by atomic mass is 35.5. The molecule has 0 amide bonds. The average Bonchev–Trinajstić information content (AvgIpc) is 2.68. The number of likely N-dealkylation sites (tertiary alicyclic amines) is 1. The molecule has 2 aromatic carbocycles. The minimum Gasteiger partial charge on any atom is -0.481 e. The molecule has 2 unspecified atom stereocenters. The Bertz CT molecular complexity index is 942. The molecule has 168 valence electrons. The van der Waals surface area contributed by atoms with Crippen molar-refractivity contribution in [3.05, 3.63) is 69.7 Å². The normalized spacial score (nSPS) is 19.3. The second-order valence-electron chi connectivity index (χ2n) is 7.43. The molecule has 0 aromatic heterocycles. The van der Waals surface area contributed by atoms with Gasteiger partial charge >= 0.3 is 18.3 Å². The van der Waals surface area contributed by atoms with E-state index in [1.165, 1.54) is 18.2 Å². The third-order valence-corrected chi connectivity index (χ3v) is 5.66. The third kappa shape index (κ3) is 5.33. The molecule has 1 heterocycles. The highest BCUT2D eigenvalue weighted by molar-refractivity contribution is 6.31. The Labute approximate surface area is 179 Å². The Morgan fingerprint density at radius 3 is 2.16 bits per heavy atom. The molecule has 1 N–H and O–H groups in total. The van der Waals surface area contributed by atoms with Gasteiger partial charge in [-0.2, -0.15) is 26.3 Å². The molecule has 2 aromatic rings. The molecule has 0 saturated carbocycles. The highest BCUT2D eigenvalue weighted by Crippen LogP contribution is 2.40. The Balaban J connectivity index is 2.08. The van der Waals surface area contributed by atoms with Crippen molar-refractivity contribution in [2.24, 2.45) is 5.92 Å². The number of alkyl halides is 6. The summed E-state index contributed by atoms with van der Waals surface area (Å²) in [5.41, 5.74) is -1.45. The smallest absolute Gasteiger partial charge is 0.417 e. The molecule has 1 aliphatic rings. The van der Waals surface area contributed by atoms with E-state index in [0.717, 1.165) is 24.3 Å². The Morgan fingerprint density at radius 1 is 1.00 bits per heavy atom. The molecule has 1 aliphatic heterocycles. The summed E-state index contributed by atoms with van der Waals surface area (Å²) in [6, 6.07) is 6.62. The van der Waals surface area contributed by atoms with Gasteiger partial charge in [0.05, 0.1) is 28.1 Å².